The third kappa shape index (κ3) is 8.93. The maximum atomic E-state index is 13.7. The van der Waals surface area contributed by atoms with Gasteiger partial charge in [0.1, 0.15) is 17.8 Å². The van der Waals surface area contributed by atoms with Crippen molar-refractivity contribution < 1.29 is 28.5 Å². The molecule has 2 aliphatic rings. The molecule has 0 aliphatic carbocycles. The van der Waals surface area contributed by atoms with E-state index in [2.05, 4.69) is 52.9 Å². The monoisotopic (exact) mass is 545 g/mol. The molecule has 0 radical (unpaired) electrons. The highest BCUT2D eigenvalue weighted by Gasteiger charge is 2.54. The summed E-state index contributed by atoms with van der Waals surface area (Å²) in [5.74, 6) is -0.811. The van der Waals surface area contributed by atoms with Gasteiger partial charge in [0.15, 0.2) is 0 Å². The number of aromatic hydroxyl groups is 1. The molecule has 218 valence electrons. The third-order valence-electron chi connectivity index (χ3n) is 7.86. The molecule has 2 fully saturated rings. The molecule has 39 heavy (non-hydrogen) atoms. The van der Waals surface area contributed by atoms with E-state index in [1.54, 1.807) is 29.2 Å². The number of carbonyl (C=O) groups is 3. The van der Waals surface area contributed by atoms with Crippen LogP contribution in [0.15, 0.2) is 24.3 Å². The van der Waals surface area contributed by atoms with Gasteiger partial charge in [-0.25, -0.2) is 0 Å². The first-order valence-corrected chi connectivity index (χ1v) is 14.6. The highest BCUT2D eigenvalue weighted by Crippen LogP contribution is 2.43. The van der Waals surface area contributed by atoms with Crippen LogP contribution < -0.4 is 10.6 Å². The normalized spacial score (nSPS) is 23.5. The highest BCUT2D eigenvalue weighted by atomic mass is 16.3. The summed E-state index contributed by atoms with van der Waals surface area (Å²) in [5, 5.41) is 15.9. The third-order valence-corrected chi connectivity index (χ3v) is 7.86. The minimum atomic E-state index is -0.662. The number of nitrogens with one attached hydrogen (secondary N) is 2. The van der Waals surface area contributed by atoms with E-state index in [0.29, 0.717) is 19.4 Å². The minimum Gasteiger partial charge on any atom is -0.508 e. The zero-order chi connectivity index (χ0) is 28.8. The van der Waals surface area contributed by atoms with Gasteiger partial charge in [0.25, 0.3) is 0 Å². The maximum absolute atomic E-state index is 13.7. The molecule has 0 bridgehead atoms. The first-order valence-electron chi connectivity index (χ1n) is 14.6. The Balaban J connectivity index is 1.66. The SMILES string of the molecule is C[N+](C)(C)CCCCCCNC(=O)[C@@H]1C[C@@H]2C(=O)N[C@@H](CCCC[N+](C)(C)C)C(=O)N2[C@@H]1c1ccc(O)cc1. The molecule has 2 heterocycles. The number of fused-ring (bicyclic) bond motifs is 1. The summed E-state index contributed by atoms with van der Waals surface area (Å²) in [6, 6.07) is 4.89. The number of hydrogen-bond acceptors (Lipinski definition) is 4. The van der Waals surface area contributed by atoms with Crippen LogP contribution in [0.1, 0.15) is 63.0 Å². The van der Waals surface area contributed by atoms with Crippen molar-refractivity contribution >= 4 is 17.7 Å². The minimum absolute atomic E-state index is 0.115. The zero-order valence-electron chi connectivity index (χ0n) is 24.9. The van der Waals surface area contributed by atoms with Gasteiger partial charge >= 0.3 is 0 Å². The van der Waals surface area contributed by atoms with E-state index in [9.17, 15) is 19.5 Å². The summed E-state index contributed by atoms with van der Waals surface area (Å²) in [4.78, 5) is 42.0. The number of rotatable bonds is 14. The van der Waals surface area contributed by atoms with Crippen molar-refractivity contribution in [2.75, 3.05) is 61.9 Å². The molecule has 0 unspecified atom stereocenters. The van der Waals surface area contributed by atoms with Crippen LogP contribution in [0, 0.1) is 5.92 Å². The maximum Gasteiger partial charge on any atom is 0.246 e. The lowest BCUT2D eigenvalue weighted by molar-refractivity contribution is -0.870. The largest absolute Gasteiger partial charge is 0.508 e. The Hall–Kier alpha value is -2.65. The number of phenols is 1. The Labute approximate surface area is 234 Å². The second kappa shape index (κ2) is 13.1. The van der Waals surface area contributed by atoms with Crippen molar-refractivity contribution in [1.82, 2.24) is 15.5 Å². The standard InChI is InChI=1S/C30H49N5O4/c1-34(2,3)19-11-8-7-10-18-31-28(37)24-21-26-29(38)32-25(13-9-12-20-35(4,5)6)30(39)33(26)27(24)22-14-16-23(36)17-15-22/h14-17,24-27H,7-13,18-21H2,1-6H3,(H-2,31,32,36,37,38)/p+2/t24-,25+,26-,27-/m1/s1. The van der Waals surface area contributed by atoms with Crippen LogP contribution in [0.4, 0.5) is 0 Å². The van der Waals surface area contributed by atoms with Gasteiger partial charge in [-0.1, -0.05) is 18.6 Å². The van der Waals surface area contributed by atoms with E-state index in [0.717, 1.165) is 66.1 Å². The molecule has 2 aliphatic heterocycles. The summed E-state index contributed by atoms with van der Waals surface area (Å²) in [6.45, 7) is 2.71. The van der Waals surface area contributed by atoms with Gasteiger partial charge in [-0.3, -0.25) is 14.4 Å². The number of amides is 3. The number of benzene rings is 1. The molecule has 1 aromatic carbocycles. The van der Waals surface area contributed by atoms with E-state index in [4.69, 9.17) is 0 Å². The van der Waals surface area contributed by atoms with Gasteiger partial charge in [0.2, 0.25) is 17.7 Å². The first-order chi connectivity index (χ1) is 18.3. The molecule has 9 nitrogen and oxygen atoms in total. The number of hydrogen-bond donors (Lipinski definition) is 3. The fourth-order valence-electron chi connectivity index (χ4n) is 5.76. The van der Waals surface area contributed by atoms with Crippen LogP contribution in [0.3, 0.4) is 0 Å². The number of quaternary nitrogens is 2. The van der Waals surface area contributed by atoms with Crippen LogP contribution >= 0.6 is 0 Å². The van der Waals surface area contributed by atoms with Gasteiger partial charge in [-0.15, -0.1) is 0 Å². The van der Waals surface area contributed by atoms with Crippen molar-refractivity contribution in [2.24, 2.45) is 5.92 Å². The highest BCUT2D eigenvalue weighted by molar-refractivity contribution is 5.99. The summed E-state index contributed by atoms with van der Waals surface area (Å²) in [5.41, 5.74) is 0.766. The fraction of sp³-hybridized carbons (Fsp3) is 0.700. The predicted molar refractivity (Wildman–Crippen MR) is 153 cm³/mol. The molecule has 0 saturated carbocycles. The Morgan fingerprint density at radius 2 is 1.51 bits per heavy atom. The summed E-state index contributed by atoms with van der Waals surface area (Å²) in [6.07, 6.45) is 6.94. The van der Waals surface area contributed by atoms with Crippen molar-refractivity contribution in [3.05, 3.63) is 29.8 Å². The smallest absolute Gasteiger partial charge is 0.246 e. The second-order valence-corrected chi connectivity index (χ2v) is 13.4. The van der Waals surface area contributed by atoms with Crippen molar-refractivity contribution in [3.63, 3.8) is 0 Å². The van der Waals surface area contributed by atoms with Gasteiger partial charge < -0.3 is 29.6 Å². The lowest BCUT2D eigenvalue weighted by Gasteiger charge is -2.38. The van der Waals surface area contributed by atoms with Crippen LogP contribution in [0.2, 0.25) is 0 Å². The lowest BCUT2D eigenvalue weighted by Crippen LogP contribution is -2.61. The van der Waals surface area contributed by atoms with E-state index >= 15 is 0 Å². The Kier molecular flexibility index (Phi) is 10.4. The van der Waals surface area contributed by atoms with Crippen LogP contribution in [-0.4, -0.2) is 111 Å². The fourth-order valence-corrected chi connectivity index (χ4v) is 5.76. The molecule has 2 saturated heterocycles. The second-order valence-electron chi connectivity index (χ2n) is 13.4. The Morgan fingerprint density at radius 3 is 2.13 bits per heavy atom. The van der Waals surface area contributed by atoms with E-state index in [-0.39, 0.29) is 23.5 Å². The molecule has 4 atom stereocenters. The van der Waals surface area contributed by atoms with Crippen molar-refractivity contribution in [1.29, 1.82) is 0 Å². The molecule has 0 aromatic heterocycles. The molecule has 9 heteroatoms. The Bertz CT molecular complexity index is 983. The van der Waals surface area contributed by atoms with Crippen molar-refractivity contribution in [3.8, 4) is 5.75 Å². The number of phenolic OH excluding ortho intramolecular Hbond substituents is 1. The van der Waals surface area contributed by atoms with Crippen molar-refractivity contribution in [2.45, 2.75) is 69.5 Å². The molecule has 0 spiro atoms. The molecular formula is C30H51N5O4+2. The summed E-state index contributed by atoms with van der Waals surface area (Å²) < 4.78 is 1.81. The van der Waals surface area contributed by atoms with Gasteiger partial charge in [0, 0.05) is 6.54 Å². The van der Waals surface area contributed by atoms with Crippen LogP contribution in [0.5, 0.6) is 5.75 Å². The number of nitrogens with zero attached hydrogens (tertiary/aromatic N) is 3. The number of unbranched alkanes of at least 4 members (excludes halogenated alkanes) is 4. The lowest BCUT2D eigenvalue weighted by atomic mass is 9.92. The molecule has 1 aromatic rings. The average molecular weight is 546 g/mol. The quantitative estimate of drug-likeness (QED) is 0.247. The van der Waals surface area contributed by atoms with Crippen LogP contribution in [-0.2, 0) is 14.4 Å². The van der Waals surface area contributed by atoms with Gasteiger partial charge in [0.05, 0.1) is 67.3 Å². The van der Waals surface area contributed by atoms with Gasteiger partial charge in [-0.2, -0.15) is 0 Å². The zero-order valence-corrected chi connectivity index (χ0v) is 24.9. The summed E-state index contributed by atoms with van der Waals surface area (Å²) in [7, 11) is 13.0. The van der Waals surface area contributed by atoms with E-state index in [1.807, 2.05) is 0 Å². The first kappa shape index (κ1) is 30.9. The summed E-state index contributed by atoms with van der Waals surface area (Å²) >= 11 is 0. The van der Waals surface area contributed by atoms with E-state index < -0.39 is 24.0 Å². The predicted octanol–water partition coefficient (Wildman–Crippen LogP) is 2.41. The number of carbonyl (C=O) groups excluding carboxylic acids is 3. The number of piperazine rings is 1. The topological polar surface area (TPSA) is 98.7 Å². The molecule has 3 amide bonds. The van der Waals surface area contributed by atoms with E-state index in [1.165, 1.54) is 0 Å². The average Bonchev–Trinajstić information content (AvgIpc) is 3.25. The molecule has 3 N–H and O–H groups in total. The molecular weight excluding hydrogens is 494 g/mol. The van der Waals surface area contributed by atoms with Crippen LogP contribution in [0.25, 0.3) is 0 Å². The van der Waals surface area contributed by atoms with Gasteiger partial charge in [-0.05, 0) is 62.6 Å². The molecule has 3 rings (SSSR count). The Morgan fingerprint density at radius 1 is 0.923 bits per heavy atom.